The molecule has 0 amide bonds. The topological polar surface area (TPSA) is 58.2 Å². The number of carbonyl (C=O) groups is 1. The summed E-state index contributed by atoms with van der Waals surface area (Å²) in [6.07, 6.45) is 3.28. The van der Waals surface area contributed by atoms with Gasteiger partial charge in [0.2, 0.25) is 0 Å². The highest BCUT2D eigenvalue weighted by atomic mass is 32.2. The summed E-state index contributed by atoms with van der Waals surface area (Å²) in [7, 11) is -0.995. The molecule has 0 fully saturated rings. The fraction of sp³-hybridized carbons (Fsp3) is 0.364. The summed E-state index contributed by atoms with van der Waals surface area (Å²) in [6.45, 7) is 0.585. The van der Waals surface area contributed by atoms with Gasteiger partial charge in [-0.2, -0.15) is 0 Å². The number of hydrogen-bond acceptors (Lipinski definition) is 3. The smallest absolute Gasteiger partial charge is 0.142 e. The molecule has 0 saturated heterocycles. The lowest BCUT2D eigenvalue weighted by atomic mass is 10.1. The van der Waals surface area contributed by atoms with Crippen LogP contribution >= 0.6 is 0 Å². The normalized spacial score (nSPS) is 19.9. The van der Waals surface area contributed by atoms with Crippen molar-refractivity contribution in [1.29, 1.82) is 0 Å². The zero-order chi connectivity index (χ0) is 11.5. The highest BCUT2D eigenvalue weighted by Crippen LogP contribution is 2.25. The van der Waals surface area contributed by atoms with Gasteiger partial charge in [0.1, 0.15) is 6.29 Å². The molecule has 4 nitrogen and oxygen atoms in total. The first-order valence-electron chi connectivity index (χ1n) is 5.09. The summed E-state index contributed by atoms with van der Waals surface area (Å²) in [5, 5.41) is 3.13. The molecule has 0 aromatic heterocycles. The van der Waals surface area contributed by atoms with E-state index in [0.29, 0.717) is 6.54 Å². The van der Waals surface area contributed by atoms with Crippen LogP contribution in [0, 0.1) is 0 Å². The lowest BCUT2D eigenvalue weighted by molar-refractivity contribution is -0.108. The molecule has 1 aromatic carbocycles. The molecule has 2 atom stereocenters. The minimum atomic E-state index is -0.995. The van der Waals surface area contributed by atoms with E-state index in [0.717, 1.165) is 29.5 Å². The maximum atomic E-state index is 10.9. The highest BCUT2D eigenvalue weighted by Gasteiger charge is 2.19. The molecule has 2 N–H and O–H groups in total. The maximum absolute atomic E-state index is 10.9. The van der Waals surface area contributed by atoms with Crippen LogP contribution < -0.4 is 10.0 Å². The second-order valence-corrected chi connectivity index (χ2v) is 5.05. The first-order chi connectivity index (χ1) is 7.69. The molecule has 0 saturated carbocycles. The Morgan fingerprint density at radius 3 is 3.12 bits per heavy atom. The van der Waals surface area contributed by atoms with Gasteiger partial charge < -0.3 is 10.1 Å². The van der Waals surface area contributed by atoms with Crippen LogP contribution in [0.5, 0.6) is 0 Å². The molecule has 16 heavy (non-hydrogen) atoms. The van der Waals surface area contributed by atoms with E-state index in [4.69, 9.17) is 0 Å². The van der Waals surface area contributed by atoms with Gasteiger partial charge in [-0.25, -0.2) is 8.93 Å². The van der Waals surface area contributed by atoms with Crippen molar-refractivity contribution in [2.24, 2.45) is 0 Å². The fourth-order valence-corrected chi connectivity index (χ4v) is 2.19. The van der Waals surface area contributed by atoms with Crippen molar-refractivity contribution in [2.45, 2.75) is 19.0 Å². The van der Waals surface area contributed by atoms with E-state index in [1.807, 2.05) is 18.2 Å². The fourth-order valence-electron chi connectivity index (χ4n) is 1.82. The average Bonchev–Trinajstić information content (AvgIpc) is 2.68. The van der Waals surface area contributed by atoms with Gasteiger partial charge in [-0.15, -0.1) is 0 Å². The average molecular weight is 238 g/mol. The van der Waals surface area contributed by atoms with Crippen molar-refractivity contribution >= 4 is 23.0 Å². The molecule has 5 heteroatoms. The van der Waals surface area contributed by atoms with Gasteiger partial charge in [-0.3, -0.25) is 0 Å². The van der Waals surface area contributed by atoms with Gasteiger partial charge in [0.05, 0.1) is 17.0 Å². The van der Waals surface area contributed by atoms with Crippen LogP contribution in [0.1, 0.15) is 11.1 Å². The molecule has 2 rings (SSSR count). The van der Waals surface area contributed by atoms with Gasteiger partial charge in [-0.1, -0.05) is 12.1 Å². The largest absolute Gasteiger partial charge is 0.375 e. The van der Waals surface area contributed by atoms with Gasteiger partial charge in [0.15, 0.2) is 0 Å². The predicted molar refractivity (Wildman–Crippen MR) is 64.5 cm³/mol. The lowest BCUT2D eigenvalue weighted by Gasteiger charge is -2.04. The first-order valence-corrected chi connectivity index (χ1v) is 6.65. The van der Waals surface area contributed by atoms with Crippen LogP contribution in [0.25, 0.3) is 0 Å². The van der Waals surface area contributed by atoms with Crippen molar-refractivity contribution in [2.75, 3.05) is 11.6 Å². The molecule has 1 heterocycles. The Morgan fingerprint density at radius 1 is 1.62 bits per heavy atom. The van der Waals surface area contributed by atoms with Crippen molar-refractivity contribution in [3.05, 3.63) is 29.3 Å². The third-order valence-electron chi connectivity index (χ3n) is 2.59. The molecule has 0 spiro atoms. The molecule has 0 radical (unpaired) electrons. The summed E-state index contributed by atoms with van der Waals surface area (Å²) >= 11 is 0. The molecule has 1 aliphatic rings. The van der Waals surface area contributed by atoms with E-state index < -0.39 is 11.0 Å². The van der Waals surface area contributed by atoms with E-state index in [1.165, 1.54) is 0 Å². The molecule has 0 bridgehead atoms. The van der Waals surface area contributed by atoms with E-state index in [-0.39, 0.29) is 6.04 Å². The van der Waals surface area contributed by atoms with Crippen molar-refractivity contribution in [3.63, 3.8) is 0 Å². The number of carbonyl (C=O) groups excluding carboxylic acids is 1. The number of fused-ring (bicyclic) bond motifs is 1. The van der Waals surface area contributed by atoms with Crippen LogP contribution in [0.4, 0.5) is 5.69 Å². The van der Waals surface area contributed by atoms with Crippen LogP contribution in [-0.4, -0.2) is 22.8 Å². The summed E-state index contributed by atoms with van der Waals surface area (Å²) in [5.74, 6) is 0. The second-order valence-electron chi connectivity index (χ2n) is 3.86. The van der Waals surface area contributed by atoms with Gasteiger partial charge in [0, 0.05) is 24.9 Å². The molecule has 2 unspecified atom stereocenters. The number of nitrogens with one attached hydrogen (secondary N) is 2. The Balaban J connectivity index is 2.09. The predicted octanol–water partition coefficient (Wildman–Crippen LogP) is 0.605. The van der Waals surface area contributed by atoms with Crippen molar-refractivity contribution in [3.8, 4) is 0 Å². The number of aldehydes is 1. The third-order valence-corrected chi connectivity index (χ3v) is 3.15. The Bertz CT molecular complexity index is 434. The zero-order valence-electron chi connectivity index (χ0n) is 9.03. The van der Waals surface area contributed by atoms with Crippen LogP contribution in [-0.2, 0) is 28.7 Å². The van der Waals surface area contributed by atoms with Gasteiger partial charge in [-0.05, 0) is 17.2 Å². The van der Waals surface area contributed by atoms with Gasteiger partial charge >= 0.3 is 0 Å². The monoisotopic (exact) mass is 238 g/mol. The van der Waals surface area contributed by atoms with E-state index in [2.05, 4.69) is 10.0 Å². The number of anilines is 1. The summed E-state index contributed by atoms with van der Waals surface area (Å²) in [4.78, 5) is 10.7. The molecule has 1 aromatic rings. The molecule has 1 aliphatic heterocycles. The van der Waals surface area contributed by atoms with Crippen molar-refractivity contribution < 1.29 is 9.00 Å². The number of benzene rings is 1. The van der Waals surface area contributed by atoms with Crippen molar-refractivity contribution in [1.82, 2.24) is 4.72 Å². The molecule has 86 valence electrons. The lowest BCUT2D eigenvalue weighted by Crippen LogP contribution is -2.16. The van der Waals surface area contributed by atoms with E-state index in [9.17, 15) is 9.00 Å². The minimum Gasteiger partial charge on any atom is -0.375 e. The highest BCUT2D eigenvalue weighted by molar-refractivity contribution is 7.82. The Morgan fingerprint density at radius 2 is 2.44 bits per heavy atom. The Labute approximate surface area is 97.0 Å². The zero-order valence-corrected chi connectivity index (χ0v) is 9.84. The Hall–Kier alpha value is -1.20. The molecular weight excluding hydrogens is 224 g/mol. The van der Waals surface area contributed by atoms with Crippen LogP contribution in [0.2, 0.25) is 0 Å². The van der Waals surface area contributed by atoms with Gasteiger partial charge in [0.25, 0.3) is 0 Å². The van der Waals surface area contributed by atoms with E-state index in [1.54, 1.807) is 6.26 Å². The van der Waals surface area contributed by atoms with Crippen LogP contribution in [0.15, 0.2) is 18.2 Å². The Kier molecular flexibility index (Phi) is 3.36. The molecule has 0 aliphatic carbocycles. The SMILES string of the molecule is CS(=O)NCc1ccc2c(c1)CC(C=O)N2. The first kappa shape index (κ1) is 11.3. The number of hydrogen-bond donors (Lipinski definition) is 2. The summed E-state index contributed by atoms with van der Waals surface area (Å²) < 4.78 is 13.8. The quantitative estimate of drug-likeness (QED) is 0.755. The summed E-state index contributed by atoms with van der Waals surface area (Å²) in [6, 6.07) is 5.89. The maximum Gasteiger partial charge on any atom is 0.142 e. The third kappa shape index (κ3) is 2.48. The molecular formula is C11H14N2O2S. The standard InChI is InChI=1S/C11H14N2O2S/c1-16(15)12-6-8-2-3-11-9(4-8)5-10(7-14)13-11/h2-4,7,10,12-13H,5-6H2,1H3. The second kappa shape index (κ2) is 4.76. The number of rotatable bonds is 4. The summed E-state index contributed by atoms with van der Waals surface area (Å²) in [5.41, 5.74) is 3.26. The van der Waals surface area contributed by atoms with E-state index >= 15 is 0 Å². The minimum absolute atomic E-state index is 0.0986. The van der Waals surface area contributed by atoms with Crippen LogP contribution in [0.3, 0.4) is 0 Å².